The van der Waals surface area contributed by atoms with E-state index in [1.165, 1.54) is 18.2 Å². The Bertz CT molecular complexity index is 364. The van der Waals surface area contributed by atoms with Gasteiger partial charge in [0.25, 0.3) is 0 Å². The minimum absolute atomic E-state index is 0.182. The van der Waals surface area contributed by atoms with Crippen molar-refractivity contribution in [2.24, 2.45) is 0 Å². The number of halogens is 2. The van der Waals surface area contributed by atoms with Gasteiger partial charge in [-0.25, -0.2) is 4.39 Å². The molecule has 0 amide bonds. The van der Waals surface area contributed by atoms with E-state index in [4.69, 9.17) is 4.74 Å². The molecule has 4 heteroatoms. The molecule has 1 rings (SSSR count). The number of ether oxygens (including phenoxy) is 1. The maximum atomic E-state index is 13.0. The van der Waals surface area contributed by atoms with Crippen LogP contribution in [0, 0.1) is 5.82 Å². The SMILES string of the molecule is CCOc1ccc(F)cc1C(=O)C(C)Br. The molecule has 1 aromatic carbocycles. The molecule has 0 aliphatic rings. The van der Waals surface area contributed by atoms with E-state index < -0.39 is 5.82 Å². The minimum atomic E-state index is -0.435. The maximum Gasteiger partial charge on any atom is 0.179 e. The van der Waals surface area contributed by atoms with Crippen LogP contribution in [0.2, 0.25) is 0 Å². The quantitative estimate of drug-likeness (QED) is 0.623. The average Bonchev–Trinajstić information content (AvgIpc) is 2.20. The van der Waals surface area contributed by atoms with Crippen LogP contribution in [0.4, 0.5) is 4.39 Å². The number of benzene rings is 1. The van der Waals surface area contributed by atoms with Gasteiger partial charge in [0.15, 0.2) is 5.78 Å². The molecule has 1 aromatic rings. The molecule has 82 valence electrons. The van der Waals surface area contributed by atoms with Crippen LogP contribution in [0.25, 0.3) is 0 Å². The van der Waals surface area contributed by atoms with Gasteiger partial charge in [0.05, 0.1) is 17.0 Å². The number of Topliss-reactive ketones (excluding diaryl/α,β-unsaturated/α-hetero) is 1. The van der Waals surface area contributed by atoms with Crippen LogP contribution in [0.5, 0.6) is 5.75 Å². The highest BCUT2D eigenvalue weighted by Crippen LogP contribution is 2.23. The summed E-state index contributed by atoms with van der Waals surface area (Å²) in [7, 11) is 0. The highest BCUT2D eigenvalue weighted by molar-refractivity contribution is 9.10. The van der Waals surface area contributed by atoms with Crippen molar-refractivity contribution in [3.05, 3.63) is 29.6 Å². The van der Waals surface area contributed by atoms with Crippen molar-refractivity contribution in [2.45, 2.75) is 18.7 Å². The van der Waals surface area contributed by atoms with Gasteiger partial charge in [-0.05, 0) is 32.0 Å². The number of rotatable bonds is 4. The number of ketones is 1. The smallest absolute Gasteiger partial charge is 0.179 e. The molecule has 0 bridgehead atoms. The summed E-state index contributed by atoms with van der Waals surface area (Å²) >= 11 is 3.16. The highest BCUT2D eigenvalue weighted by atomic mass is 79.9. The molecule has 0 aromatic heterocycles. The van der Waals surface area contributed by atoms with Crippen molar-refractivity contribution in [1.29, 1.82) is 0 Å². The third-order valence-corrected chi connectivity index (χ3v) is 2.28. The molecule has 0 aliphatic heterocycles. The van der Waals surface area contributed by atoms with Crippen molar-refractivity contribution in [2.75, 3.05) is 6.61 Å². The van der Waals surface area contributed by atoms with Gasteiger partial charge in [0, 0.05) is 0 Å². The van der Waals surface area contributed by atoms with Crippen LogP contribution in [-0.4, -0.2) is 17.2 Å². The van der Waals surface area contributed by atoms with Gasteiger partial charge in [0.2, 0.25) is 0 Å². The zero-order valence-electron chi connectivity index (χ0n) is 8.59. The maximum absolute atomic E-state index is 13.0. The van der Waals surface area contributed by atoms with Gasteiger partial charge < -0.3 is 4.74 Å². The van der Waals surface area contributed by atoms with Crippen LogP contribution in [-0.2, 0) is 0 Å². The van der Waals surface area contributed by atoms with Crippen LogP contribution < -0.4 is 4.74 Å². The summed E-state index contributed by atoms with van der Waals surface area (Å²) in [6, 6.07) is 3.95. The van der Waals surface area contributed by atoms with E-state index in [2.05, 4.69) is 15.9 Å². The van der Waals surface area contributed by atoms with Gasteiger partial charge in [-0.15, -0.1) is 0 Å². The predicted molar refractivity (Wildman–Crippen MR) is 60.3 cm³/mol. The van der Waals surface area contributed by atoms with Crippen LogP contribution >= 0.6 is 15.9 Å². The van der Waals surface area contributed by atoms with E-state index in [0.717, 1.165) is 0 Å². The largest absolute Gasteiger partial charge is 0.493 e. The van der Waals surface area contributed by atoms with E-state index >= 15 is 0 Å². The van der Waals surface area contributed by atoms with Gasteiger partial charge in [0.1, 0.15) is 11.6 Å². The molecule has 0 heterocycles. The van der Waals surface area contributed by atoms with E-state index in [0.29, 0.717) is 12.4 Å². The van der Waals surface area contributed by atoms with Gasteiger partial charge >= 0.3 is 0 Å². The number of alkyl halides is 1. The van der Waals surface area contributed by atoms with E-state index in [1.54, 1.807) is 6.92 Å². The second-order valence-electron chi connectivity index (χ2n) is 3.05. The molecule has 1 atom stereocenters. The Hall–Kier alpha value is -0.900. The summed E-state index contributed by atoms with van der Waals surface area (Å²) in [5.74, 6) is -0.192. The summed E-state index contributed by atoms with van der Waals surface area (Å²) < 4.78 is 18.2. The predicted octanol–water partition coefficient (Wildman–Crippen LogP) is 3.19. The first-order valence-electron chi connectivity index (χ1n) is 4.67. The van der Waals surface area contributed by atoms with Crippen molar-refractivity contribution in [3.63, 3.8) is 0 Å². The second-order valence-corrected chi connectivity index (χ2v) is 4.43. The van der Waals surface area contributed by atoms with Crippen LogP contribution in [0.3, 0.4) is 0 Å². The number of hydrogen-bond acceptors (Lipinski definition) is 2. The fraction of sp³-hybridized carbons (Fsp3) is 0.364. The van der Waals surface area contributed by atoms with Gasteiger partial charge in [-0.1, -0.05) is 15.9 Å². The fourth-order valence-corrected chi connectivity index (χ4v) is 1.44. The lowest BCUT2D eigenvalue weighted by Crippen LogP contribution is -2.12. The summed E-state index contributed by atoms with van der Waals surface area (Å²) in [5.41, 5.74) is 0.279. The molecular formula is C11H12BrFO2. The number of carbonyl (C=O) groups excluding carboxylic acids is 1. The first-order valence-corrected chi connectivity index (χ1v) is 5.58. The highest BCUT2D eigenvalue weighted by Gasteiger charge is 2.17. The number of carbonyl (C=O) groups is 1. The lowest BCUT2D eigenvalue weighted by molar-refractivity contribution is 0.0991. The van der Waals surface area contributed by atoms with Gasteiger partial charge in [-0.3, -0.25) is 4.79 Å². The minimum Gasteiger partial charge on any atom is -0.493 e. The first kappa shape index (κ1) is 12.2. The van der Waals surface area contributed by atoms with Gasteiger partial charge in [-0.2, -0.15) is 0 Å². The summed E-state index contributed by atoms with van der Waals surface area (Å²) in [4.78, 5) is 11.4. The summed E-state index contributed by atoms with van der Waals surface area (Å²) in [6.07, 6.45) is 0. The number of hydrogen-bond donors (Lipinski definition) is 0. The third kappa shape index (κ3) is 3.02. The topological polar surface area (TPSA) is 26.3 Å². The Morgan fingerprint density at radius 1 is 1.60 bits per heavy atom. The monoisotopic (exact) mass is 274 g/mol. The normalized spacial score (nSPS) is 12.3. The molecule has 0 saturated heterocycles. The lowest BCUT2D eigenvalue weighted by atomic mass is 10.1. The van der Waals surface area contributed by atoms with Crippen molar-refractivity contribution in [3.8, 4) is 5.75 Å². The van der Waals surface area contributed by atoms with Crippen molar-refractivity contribution < 1.29 is 13.9 Å². The zero-order valence-corrected chi connectivity index (χ0v) is 10.2. The molecule has 0 N–H and O–H groups in total. The molecule has 15 heavy (non-hydrogen) atoms. The van der Waals surface area contributed by atoms with Crippen LogP contribution in [0.1, 0.15) is 24.2 Å². The Morgan fingerprint density at radius 3 is 2.80 bits per heavy atom. The Labute approximate surface area is 96.6 Å². The first-order chi connectivity index (χ1) is 7.06. The average molecular weight is 275 g/mol. The standard InChI is InChI=1S/C11H12BrFO2/c1-3-15-10-5-4-8(13)6-9(10)11(14)7(2)12/h4-7H,3H2,1-2H3. The molecule has 0 fully saturated rings. The molecule has 0 radical (unpaired) electrons. The Balaban J connectivity index is 3.12. The van der Waals surface area contributed by atoms with Crippen molar-refractivity contribution >= 4 is 21.7 Å². The summed E-state index contributed by atoms with van der Waals surface area (Å²) in [5, 5.41) is 0. The molecule has 0 aliphatic carbocycles. The third-order valence-electron chi connectivity index (χ3n) is 1.87. The molecule has 2 nitrogen and oxygen atoms in total. The molecular weight excluding hydrogens is 263 g/mol. The Morgan fingerprint density at radius 2 is 2.27 bits per heavy atom. The fourth-order valence-electron chi connectivity index (χ4n) is 1.19. The Kier molecular flexibility index (Phi) is 4.27. The van der Waals surface area contributed by atoms with Crippen LogP contribution in [0.15, 0.2) is 18.2 Å². The molecule has 1 unspecified atom stereocenters. The molecule has 0 spiro atoms. The zero-order chi connectivity index (χ0) is 11.4. The van der Waals surface area contributed by atoms with E-state index in [1.807, 2.05) is 6.92 Å². The van der Waals surface area contributed by atoms with E-state index in [9.17, 15) is 9.18 Å². The summed E-state index contributed by atoms with van der Waals surface area (Å²) in [6.45, 7) is 3.96. The lowest BCUT2D eigenvalue weighted by Gasteiger charge is -2.10. The molecule has 0 saturated carbocycles. The second kappa shape index (κ2) is 5.26. The van der Waals surface area contributed by atoms with Crippen molar-refractivity contribution in [1.82, 2.24) is 0 Å². The van der Waals surface area contributed by atoms with E-state index in [-0.39, 0.29) is 16.2 Å².